The van der Waals surface area contributed by atoms with Gasteiger partial charge in [-0.25, -0.2) is 14.1 Å². The highest BCUT2D eigenvalue weighted by molar-refractivity contribution is 6.25. The topological polar surface area (TPSA) is 101 Å². The number of halogens is 1. The Balaban J connectivity index is 1.62. The molecule has 0 unspecified atom stereocenters. The second kappa shape index (κ2) is 7.54. The number of esters is 1. The Morgan fingerprint density at radius 3 is 2.50 bits per heavy atom. The van der Waals surface area contributed by atoms with Crippen LogP contribution in [0.2, 0.25) is 0 Å². The fraction of sp³-hybridized carbons (Fsp3) is 0.250. The number of anilines is 1. The van der Waals surface area contributed by atoms with Crippen molar-refractivity contribution in [3.8, 4) is 5.75 Å². The molecular weight excluding hydrogens is 395 g/mol. The number of benzene rings is 2. The molecule has 9 nitrogen and oxygen atoms in total. The lowest BCUT2D eigenvalue weighted by molar-refractivity contribution is -0.123. The van der Waals surface area contributed by atoms with E-state index in [1.54, 1.807) is 18.2 Å². The fourth-order valence-corrected chi connectivity index (χ4v) is 3.52. The molecule has 0 N–H and O–H groups in total. The number of hydrogen-bond acceptors (Lipinski definition) is 8. The third-order valence-corrected chi connectivity index (χ3v) is 4.98. The highest BCUT2D eigenvalue weighted by Gasteiger charge is 2.54. The van der Waals surface area contributed by atoms with Gasteiger partial charge in [0.1, 0.15) is 11.6 Å². The lowest BCUT2D eigenvalue weighted by Gasteiger charge is -2.21. The molecular formula is C20H17FN4O5. The normalized spacial score (nSPS) is 20.0. The van der Waals surface area contributed by atoms with Crippen LogP contribution in [-0.2, 0) is 20.9 Å². The highest BCUT2D eigenvalue weighted by atomic mass is 19.1. The zero-order valence-corrected chi connectivity index (χ0v) is 16.1. The first-order valence-electron chi connectivity index (χ1n) is 9.00. The van der Waals surface area contributed by atoms with E-state index in [1.807, 2.05) is 0 Å². The molecule has 2 aromatic carbocycles. The molecule has 0 saturated carbocycles. The Labute approximate surface area is 170 Å². The number of ether oxygens (including phenoxy) is 2. The van der Waals surface area contributed by atoms with Gasteiger partial charge in [0.05, 0.1) is 32.0 Å². The molecule has 2 atom stereocenters. The van der Waals surface area contributed by atoms with Crippen LogP contribution in [-0.4, -0.2) is 49.1 Å². The Bertz CT molecular complexity index is 1060. The van der Waals surface area contributed by atoms with Crippen molar-refractivity contribution in [2.45, 2.75) is 18.6 Å². The Kier molecular flexibility index (Phi) is 4.90. The molecule has 0 bridgehead atoms. The maximum absolute atomic E-state index is 13.2. The van der Waals surface area contributed by atoms with Gasteiger partial charge in [-0.05, 0) is 42.5 Å². The lowest BCUT2D eigenvalue weighted by Crippen LogP contribution is -2.39. The van der Waals surface area contributed by atoms with E-state index < -0.39 is 35.7 Å². The van der Waals surface area contributed by atoms with Crippen LogP contribution >= 0.6 is 0 Å². The van der Waals surface area contributed by atoms with Crippen molar-refractivity contribution < 1.29 is 28.2 Å². The van der Waals surface area contributed by atoms with Crippen molar-refractivity contribution >= 4 is 23.5 Å². The van der Waals surface area contributed by atoms with Gasteiger partial charge < -0.3 is 9.47 Å². The summed E-state index contributed by atoms with van der Waals surface area (Å²) in [7, 11) is 2.75. The fourth-order valence-electron chi connectivity index (χ4n) is 3.52. The van der Waals surface area contributed by atoms with E-state index in [1.165, 1.54) is 43.5 Å². The average Bonchev–Trinajstić information content (AvgIpc) is 3.28. The quantitative estimate of drug-likeness (QED) is 0.551. The summed E-state index contributed by atoms with van der Waals surface area (Å²) in [5.74, 6) is -1.55. The molecule has 2 amide bonds. The van der Waals surface area contributed by atoms with E-state index in [9.17, 15) is 18.8 Å². The maximum Gasteiger partial charge on any atom is 0.337 e. The average molecular weight is 412 g/mol. The van der Waals surface area contributed by atoms with Crippen molar-refractivity contribution in [2.24, 2.45) is 10.3 Å². The minimum absolute atomic E-state index is 0.0783. The molecule has 10 heteroatoms. The molecule has 1 fully saturated rings. The van der Waals surface area contributed by atoms with Gasteiger partial charge in [0, 0.05) is 5.56 Å². The summed E-state index contributed by atoms with van der Waals surface area (Å²) in [6.07, 6.45) is 0. The van der Waals surface area contributed by atoms with Crippen molar-refractivity contribution in [2.75, 3.05) is 19.1 Å². The SMILES string of the molecule is COC(=O)c1ccc(OC)c(CN2N=N[C@H]3C(=O)N(c4ccc(F)cc4)C(=O)[C@H]32)c1. The van der Waals surface area contributed by atoms with E-state index in [0.29, 0.717) is 16.9 Å². The standard InChI is InChI=1S/C20H17FN4O5/c1-29-15-8-3-11(20(28)30-2)9-12(15)10-24-17-16(22-23-24)18(26)25(19(17)27)14-6-4-13(21)5-7-14/h3-9,16-17H,10H2,1-2H3/t16-,17+/m1/s1. The van der Waals surface area contributed by atoms with Gasteiger partial charge in [0.2, 0.25) is 0 Å². The Hall–Kier alpha value is -3.82. The van der Waals surface area contributed by atoms with E-state index in [0.717, 1.165) is 4.90 Å². The van der Waals surface area contributed by atoms with E-state index in [2.05, 4.69) is 10.3 Å². The molecule has 30 heavy (non-hydrogen) atoms. The number of fused-ring (bicyclic) bond motifs is 1. The molecule has 4 rings (SSSR count). The number of hydrogen-bond donors (Lipinski definition) is 0. The predicted octanol–water partition coefficient (Wildman–Crippen LogP) is 2.11. The number of rotatable bonds is 5. The van der Waals surface area contributed by atoms with E-state index in [4.69, 9.17) is 9.47 Å². The third-order valence-electron chi connectivity index (χ3n) is 4.98. The number of carbonyl (C=O) groups is 3. The summed E-state index contributed by atoms with van der Waals surface area (Å²) in [6.45, 7) is 0.0783. The maximum atomic E-state index is 13.2. The van der Waals surface area contributed by atoms with Gasteiger partial charge in [0.15, 0.2) is 12.1 Å². The summed E-state index contributed by atoms with van der Waals surface area (Å²) in [6, 6.07) is 7.88. The monoisotopic (exact) mass is 412 g/mol. The van der Waals surface area contributed by atoms with Gasteiger partial charge >= 0.3 is 5.97 Å². The molecule has 1 saturated heterocycles. The van der Waals surface area contributed by atoms with Crippen LogP contribution in [0.25, 0.3) is 0 Å². The van der Waals surface area contributed by atoms with Crippen LogP contribution in [0.15, 0.2) is 52.8 Å². The summed E-state index contributed by atoms with van der Waals surface area (Å²) < 4.78 is 23.3. The van der Waals surface area contributed by atoms with Gasteiger partial charge in [-0.2, -0.15) is 5.11 Å². The molecule has 0 spiro atoms. The van der Waals surface area contributed by atoms with Crippen LogP contribution < -0.4 is 9.64 Å². The van der Waals surface area contributed by atoms with E-state index in [-0.39, 0.29) is 12.2 Å². The first-order chi connectivity index (χ1) is 14.4. The second-order valence-electron chi connectivity index (χ2n) is 6.70. The van der Waals surface area contributed by atoms with Crippen LogP contribution in [0, 0.1) is 5.82 Å². The van der Waals surface area contributed by atoms with Gasteiger partial charge in [-0.15, -0.1) is 0 Å². The zero-order valence-electron chi connectivity index (χ0n) is 16.1. The van der Waals surface area contributed by atoms with Crippen molar-refractivity contribution in [1.82, 2.24) is 5.01 Å². The van der Waals surface area contributed by atoms with Crippen molar-refractivity contribution in [1.29, 1.82) is 0 Å². The summed E-state index contributed by atoms with van der Waals surface area (Å²) >= 11 is 0. The van der Waals surface area contributed by atoms with Gasteiger partial charge in [0.25, 0.3) is 11.8 Å². The molecule has 0 radical (unpaired) electrons. The number of amides is 2. The number of imide groups is 1. The smallest absolute Gasteiger partial charge is 0.337 e. The van der Waals surface area contributed by atoms with Gasteiger partial charge in [-0.3, -0.25) is 14.6 Å². The van der Waals surface area contributed by atoms with Gasteiger partial charge in [-0.1, -0.05) is 5.22 Å². The first kappa shape index (κ1) is 19.5. The van der Waals surface area contributed by atoms with Crippen LogP contribution in [0.1, 0.15) is 15.9 Å². The molecule has 2 aromatic rings. The van der Waals surface area contributed by atoms with E-state index >= 15 is 0 Å². The molecule has 2 aliphatic rings. The largest absolute Gasteiger partial charge is 0.496 e. The molecule has 0 aromatic heterocycles. The Morgan fingerprint density at radius 1 is 1.10 bits per heavy atom. The molecule has 2 aliphatic heterocycles. The number of methoxy groups -OCH3 is 2. The van der Waals surface area contributed by atoms with Crippen LogP contribution in [0.5, 0.6) is 5.75 Å². The molecule has 2 heterocycles. The highest BCUT2D eigenvalue weighted by Crippen LogP contribution is 2.34. The third kappa shape index (κ3) is 3.15. The van der Waals surface area contributed by atoms with Crippen molar-refractivity contribution in [3.05, 3.63) is 59.4 Å². The molecule has 0 aliphatic carbocycles. The summed E-state index contributed by atoms with van der Waals surface area (Å²) in [5.41, 5.74) is 1.14. The second-order valence-corrected chi connectivity index (χ2v) is 6.70. The minimum Gasteiger partial charge on any atom is -0.496 e. The lowest BCUT2D eigenvalue weighted by atomic mass is 10.1. The predicted molar refractivity (Wildman–Crippen MR) is 101 cm³/mol. The van der Waals surface area contributed by atoms with Crippen LogP contribution in [0.4, 0.5) is 10.1 Å². The minimum atomic E-state index is -0.989. The van der Waals surface area contributed by atoms with Crippen LogP contribution in [0.3, 0.4) is 0 Å². The first-order valence-corrected chi connectivity index (χ1v) is 9.00. The zero-order chi connectivity index (χ0) is 21.4. The Morgan fingerprint density at radius 2 is 1.83 bits per heavy atom. The number of nitrogens with zero attached hydrogens (tertiary/aromatic N) is 4. The summed E-state index contributed by atoms with van der Waals surface area (Å²) in [5, 5.41) is 9.33. The molecule has 154 valence electrons. The number of carbonyl (C=O) groups excluding carboxylic acids is 3. The van der Waals surface area contributed by atoms with Crippen molar-refractivity contribution in [3.63, 3.8) is 0 Å². The summed E-state index contributed by atoms with van der Waals surface area (Å²) in [4.78, 5) is 38.6.